The summed E-state index contributed by atoms with van der Waals surface area (Å²) in [6.45, 7) is 3.38. The molecule has 88 valence electrons. The largest absolute Gasteiger partial charge is 0.349 e. The molecule has 6 heteroatoms. The lowest BCUT2D eigenvalue weighted by Crippen LogP contribution is -2.28. The van der Waals surface area contributed by atoms with E-state index in [0.29, 0.717) is 12.4 Å². The molecule has 1 amide bonds. The molecule has 3 N–H and O–H groups in total. The van der Waals surface area contributed by atoms with Crippen LogP contribution in [0.4, 0.5) is 0 Å². The van der Waals surface area contributed by atoms with Gasteiger partial charge in [-0.1, -0.05) is 0 Å². The number of amides is 1. The average molecular weight is 223 g/mol. The Balaban J connectivity index is 1.59. The molecule has 0 radical (unpaired) electrons. The van der Waals surface area contributed by atoms with Crippen molar-refractivity contribution in [1.29, 1.82) is 0 Å². The van der Waals surface area contributed by atoms with Gasteiger partial charge in [-0.25, -0.2) is 4.98 Å². The first-order valence-electron chi connectivity index (χ1n) is 5.66. The number of nitrogens with one attached hydrogen (secondary N) is 3. The molecule has 16 heavy (non-hydrogen) atoms. The molecule has 0 unspecified atom stereocenters. The predicted molar refractivity (Wildman–Crippen MR) is 59.1 cm³/mol. The maximum Gasteiger partial charge on any atom is 0.290 e. The smallest absolute Gasteiger partial charge is 0.290 e. The molecule has 0 aliphatic heterocycles. The number of carbonyl (C=O) groups excluding carboxylic acids is 1. The van der Waals surface area contributed by atoms with Crippen LogP contribution in [-0.2, 0) is 0 Å². The molecule has 1 aliphatic carbocycles. The van der Waals surface area contributed by atoms with E-state index in [1.165, 1.54) is 12.8 Å². The van der Waals surface area contributed by atoms with Gasteiger partial charge in [-0.3, -0.25) is 9.89 Å². The first-order chi connectivity index (χ1) is 7.75. The van der Waals surface area contributed by atoms with Crippen LogP contribution in [0.25, 0.3) is 0 Å². The predicted octanol–water partition coefficient (Wildman–Crippen LogP) is -0.0150. The summed E-state index contributed by atoms with van der Waals surface area (Å²) in [6.07, 6.45) is 3.53. The van der Waals surface area contributed by atoms with Crippen LogP contribution in [0.1, 0.15) is 35.7 Å². The molecular weight excluding hydrogens is 206 g/mol. The van der Waals surface area contributed by atoms with Crippen LogP contribution >= 0.6 is 0 Å². The highest BCUT2D eigenvalue weighted by Crippen LogP contribution is 2.18. The summed E-state index contributed by atoms with van der Waals surface area (Å²) in [6, 6.07) is 0.728. The van der Waals surface area contributed by atoms with Crippen molar-refractivity contribution in [3.8, 4) is 0 Å². The van der Waals surface area contributed by atoms with E-state index in [1.54, 1.807) is 6.92 Å². The second-order valence-electron chi connectivity index (χ2n) is 4.08. The van der Waals surface area contributed by atoms with Crippen molar-refractivity contribution >= 4 is 5.91 Å². The Kier molecular flexibility index (Phi) is 3.51. The van der Waals surface area contributed by atoms with Crippen molar-refractivity contribution in [2.45, 2.75) is 32.2 Å². The summed E-state index contributed by atoms with van der Waals surface area (Å²) in [4.78, 5) is 15.4. The van der Waals surface area contributed by atoms with Gasteiger partial charge < -0.3 is 10.6 Å². The molecule has 1 aromatic rings. The summed E-state index contributed by atoms with van der Waals surface area (Å²) in [7, 11) is 0. The number of nitrogens with zero attached hydrogens (tertiary/aromatic N) is 2. The minimum atomic E-state index is -0.212. The molecule has 1 heterocycles. The fourth-order valence-electron chi connectivity index (χ4n) is 1.41. The number of rotatable bonds is 6. The van der Waals surface area contributed by atoms with Crippen molar-refractivity contribution in [2.75, 3.05) is 13.1 Å². The number of carbonyl (C=O) groups is 1. The number of H-pyrrole nitrogens is 1. The van der Waals surface area contributed by atoms with Crippen LogP contribution in [0, 0.1) is 6.92 Å². The summed E-state index contributed by atoms with van der Waals surface area (Å²) in [5.74, 6) is 0.656. The first kappa shape index (κ1) is 11.1. The van der Waals surface area contributed by atoms with Gasteiger partial charge >= 0.3 is 0 Å². The Bertz CT molecular complexity index is 358. The average Bonchev–Trinajstić information content (AvgIpc) is 2.99. The number of hydrogen-bond donors (Lipinski definition) is 3. The fourth-order valence-corrected chi connectivity index (χ4v) is 1.41. The van der Waals surface area contributed by atoms with Crippen molar-refractivity contribution < 1.29 is 4.79 Å². The zero-order valence-electron chi connectivity index (χ0n) is 9.42. The minimum Gasteiger partial charge on any atom is -0.349 e. The molecule has 0 bridgehead atoms. The fraction of sp³-hybridized carbons (Fsp3) is 0.700. The van der Waals surface area contributed by atoms with E-state index in [1.807, 2.05) is 0 Å². The van der Waals surface area contributed by atoms with Crippen molar-refractivity contribution in [3.05, 3.63) is 11.6 Å². The second kappa shape index (κ2) is 5.07. The van der Waals surface area contributed by atoms with Crippen molar-refractivity contribution in [3.63, 3.8) is 0 Å². The Morgan fingerprint density at radius 1 is 1.50 bits per heavy atom. The quantitative estimate of drug-likeness (QED) is 0.592. The van der Waals surface area contributed by atoms with Gasteiger partial charge in [-0.2, -0.15) is 0 Å². The van der Waals surface area contributed by atoms with Gasteiger partial charge in [-0.05, 0) is 32.7 Å². The standard InChI is InChI=1S/C10H17N5O/c1-7-13-9(15-14-7)10(16)12-6-2-5-11-8-3-4-8/h8,11H,2-6H2,1H3,(H,12,16)(H,13,14,15). The van der Waals surface area contributed by atoms with Gasteiger partial charge in [0.1, 0.15) is 5.82 Å². The van der Waals surface area contributed by atoms with Crippen LogP contribution in [0.15, 0.2) is 0 Å². The lowest BCUT2D eigenvalue weighted by Gasteiger charge is -2.03. The summed E-state index contributed by atoms with van der Waals surface area (Å²) in [5.41, 5.74) is 0. The highest BCUT2D eigenvalue weighted by atomic mass is 16.2. The molecule has 6 nitrogen and oxygen atoms in total. The molecule has 1 aliphatic rings. The Morgan fingerprint density at radius 2 is 2.31 bits per heavy atom. The van der Waals surface area contributed by atoms with Gasteiger partial charge in [0.25, 0.3) is 5.91 Å². The topological polar surface area (TPSA) is 82.7 Å². The zero-order chi connectivity index (χ0) is 11.4. The van der Waals surface area contributed by atoms with Crippen LogP contribution < -0.4 is 10.6 Å². The highest BCUT2D eigenvalue weighted by Gasteiger charge is 2.19. The third kappa shape index (κ3) is 3.30. The zero-order valence-corrected chi connectivity index (χ0v) is 9.42. The number of aromatic amines is 1. The third-order valence-corrected chi connectivity index (χ3v) is 2.45. The molecule has 1 aromatic heterocycles. The van der Waals surface area contributed by atoms with Crippen LogP contribution in [0.5, 0.6) is 0 Å². The van der Waals surface area contributed by atoms with Gasteiger partial charge in [-0.15, -0.1) is 5.10 Å². The molecule has 0 aromatic carbocycles. The van der Waals surface area contributed by atoms with Gasteiger partial charge in [0.2, 0.25) is 5.82 Å². The SMILES string of the molecule is Cc1nc(C(=O)NCCCNC2CC2)n[nH]1. The van der Waals surface area contributed by atoms with E-state index < -0.39 is 0 Å². The molecule has 1 fully saturated rings. The summed E-state index contributed by atoms with van der Waals surface area (Å²) in [5, 5.41) is 12.6. The third-order valence-electron chi connectivity index (χ3n) is 2.45. The van der Waals surface area contributed by atoms with E-state index in [9.17, 15) is 4.79 Å². The number of aryl methyl sites for hydroxylation is 1. The van der Waals surface area contributed by atoms with Crippen LogP contribution in [0.3, 0.4) is 0 Å². The van der Waals surface area contributed by atoms with Gasteiger partial charge in [0.15, 0.2) is 0 Å². The second-order valence-corrected chi connectivity index (χ2v) is 4.08. The van der Waals surface area contributed by atoms with Gasteiger partial charge in [0, 0.05) is 12.6 Å². The molecule has 0 saturated heterocycles. The highest BCUT2D eigenvalue weighted by molar-refractivity contribution is 5.90. The molecule has 0 atom stereocenters. The maximum absolute atomic E-state index is 11.5. The molecule has 1 saturated carbocycles. The Morgan fingerprint density at radius 3 is 2.94 bits per heavy atom. The number of aromatic nitrogens is 3. The molecule has 0 spiro atoms. The minimum absolute atomic E-state index is 0.212. The van der Waals surface area contributed by atoms with Crippen molar-refractivity contribution in [1.82, 2.24) is 25.8 Å². The maximum atomic E-state index is 11.5. The van der Waals surface area contributed by atoms with E-state index >= 15 is 0 Å². The summed E-state index contributed by atoms with van der Waals surface area (Å²) >= 11 is 0. The van der Waals surface area contributed by atoms with E-state index in [2.05, 4.69) is 25.8 Å². The monoisotopic (exact) mass is 223 g/mol. The van der Waals surface area contributed by atoms with E-state index in [-0.39, 0.29) is 11.7 Å². The lowest BCUT2D eigenvalue weighted by atomic mass is 10.4. The Labute approximate surface area is 94.2 Å². The Hall–Kier alpha value is -1.43. The van der Waals surface area contributed by atoms with Crippen LogP contribution in [0.2, 0.25) is 0 Å². The first-order valence-corrected chi connectivity index (χ1v) is 5.66. The number of hydrogen-bond acceptors (Lipinski definition) is 4. The van der Waals surface area contributed by atoms with E-state index in [4.69, 9.17) is 0 Å². The molecular formula is C10H17N5O. The van der Waals surface area contributed by atoms with E-state index in [0.717, 1.165) is 19.0 Å². The van der Waals surface area contributed by atoms with Crippen LogP contribution in [-0.4, -0.2) is 40.2 Å². The summed E-state index contributed by atoms with van der Waals surface area (Å²) < 4.78 is 0. The normalized spacial score (nSPS) is 15.1. The molecule has 2 rings (SSSR count). The van der Waals surface area contributed by atoms with Crippen molar-refractivity contribution in [2.24, 2.45) is 0 Å². The lowest BCUT2D eigenvalue weighted by molar-refractivity contribution is 0.0943. The van der Waals surface area contributed by atoms with Gasteiger partial charge in [0.05, 0.1) is 0 Å².